The molecule has 1 aromatic rings. The van der Waals surface area contributed by atoms with Gasteiger partial charge in [0.2, 0.25) is 5.91 Å². The van der Waals surface area contributed by atoms with Crippen LogP contribution in [0.1, 0.15) is 38.5 Å². The minimum Gasteiger partial charge on any atom is -0.371 e. The number of hydrogen-bond donors (Lipinski definition) is 1. The molecule has 0 spiro atoms. The Hall–Kier alpha value is -1.55. The van der Waals surface area contributed by atoms with Crippen molar-refractivity contribution in [3.8, 4) is 0 Å². The fraction of sp³-hybridized carbons (Fsp3) is 0.682. The van der Waals surface area contributed by atoms with Crippen LogP contribution in [-0.4, -0.2) is 50.1 Å². The van der Waals surface area contributed by atoms with Crippen LogP contribution >= 0.6 is 0 Å². The highest BCUT2D eigenvalue weighted by molar-refractivity contribution is 5.78. The SMILES string of the molecule is O=C(CN1CC[C@@H]2CCCC[C@@H]2C1)NC[C@@H]1CCN(c2ccccc2)C1. The molecule has 142 valence electrons. The topological polar surface area (TPSA) is 35.6 Å². The number of carbonyl (C=O) groups is 1. The lowest BCUT2D eigenvalue weighted by molar-refractivity contribution is -0.123. The largest absolute Gasteiger partial charge is 0.371 e. The Bertz CT molecular complexity index is 590. The molecule has 1 amide bonds. The number of piperidine rings is 1. The van der Waals surface area contributed by atoms with Crippen LogP contribution in [0.4, 0.5) is 5.69 Å². The van der Waals surface area contributed by atoms with Crippen LogP contribution in [0, 0.1) is 17.8 Å². The van der Waals surface area contributed by atoms with Crippen molar-refractivity contribution in [3.63, 3.8) is 0 Å². The summed E-state index contributed by atoms with van der Waals surface area (Å²) in [4.78, 5) is 17.2. The van der Waals surface area contributed by atoms with Gasteiger partial charge in [0.25, 0.3) is 0 Å². The van der Waals surface area contributed by atoms with Crippen molar-refractivity contribution >= 4 is 11.6 Å². The average molecular weight is 356 g/mol. The van der Waals surface area contributed by atoms with Crippen molar-refractivity contribution in [2.75, 3.05) is 44.2 Å². The van der Waals surface area contributed by atoms with Gasteiger partial charge >= 0.3 is 0 Å². The van der Waals surface area contributed by atoms with Crippen LogP contribution in [0.15, 0.2) is 30.3 Å². The number of benzene rings is 1. The van der Waals surface area contributed by atoms with Crippen LogP contribution < -0.4 is 10.2 Å². The second kappa shape index (κ2) is 8.43. The van der Waals surface area contributed by atoms with Crippen molar-refractivity contribution in [2.45, 2.75) is 38.5 Å². The van der Waals surface area contributed by atoms with Crippen molar-refractivity contribution in [1.82, 2.24) is 10.2 Å². The highest BCUT2D eigenvalue weighted by atomic mass is 16.2. The van der Waals surface area contributed by atoms with Gasteiger partial charge in [0.15, 0.2) is 0 Å². The van der Waals surface area contributed by atoms with Crippen LogP contribution in [0.3, 0.4) is 0 Å². The van der Waals surface area contributed by atoms with Gasteiger partial charge < -0.3 is 10.2 Å². The van der Waals surface area contributed by atoms with Gasteiger partial charge in [-0.2, -0.15) is 0 Å². The normalized spacial score (nSPS) is 29.4. The zero-order valence-electron chi connectivity index (χ0n) is 15.9. The molecule has 1 aromatic carbocycles. The molecule has 3 atom stereocenters. The first kappa shape index (κ1) is 17.8. The van der Waals surface area contributed by atoms with E-state index in [0.29, 0.717) is 12.5 Å². The van der Waals surface area contributed by atoms with E-state index >= 15 is 0 Å². The number of para-hydroxylation sites is 1. The molecule has 2 aliphatic heterocycles. The number of carbonyl (C=O) groups excluding carboxylic acids is 1. The standard InChI is InChI=1S/C22H33N3O/c26-22(17-24-12-11-19-6-4-5-7-20(19)16-24)23-14-18-10-13-25(15-18)21-8-2-1-3-9-21/h1-3,8-9,18-20H,4-7,10-17H2,(H,23,26)/t18-,19-,20+/m0/s1. The Labute approximate surface area is 157 Å². The minimum atomic E-state index is 0.220. The summed E-state index contributed by atoms with van der Waals surface area (Å²) >= 11 is 0. The number of anilines is 1. The molecule has 4 nitrogen and oxygen atoms in total. The van der Waals surface area contributed by atoms with Crippen LogP contribution in [0.25, 0.3) is 0 Å². The third-order valence-corrected chi connectivity index (χ3v) is 6.74. The van der Waals surface area contributed by atoms with Gasteiger partial charge in [0, 0.05) is 31.9 Å². The van der Waals surface area contributed by atoms with Crippen molar-refractivity contribution in [2.24, 2.45) is 17.8 Å². The molecule has 0 radical (unpaired) electrons. The fourth-order valence-corrected chi connectivity index (χ4v) is 5.21. The molecule has 1 saturated carbocycles. The van der Waals surface area contributed by atoms with Gasteiger partial charge in [-0.15, -0.1) is 0 Å². The molecule has 3 fully saturated rings. The third-order valence-electron chi connectivity index (χ3n) is 6.74. The van der Waals surface area contributed by atoms with Crippen LogP contribution in [-0.2, 0) is 4.79 Å². The molecule has 2 heterocycles. The quantitative estimate of drug-likeness (QED) is 0.881. The van der Waals surface area contributed by atoms with Gasteiger partial charge in [-0.25, -0.2) is 0 Å². The van der Waals surface area contributed by atoms with E-state index in [4.69, 9.17) is 0 Å². The molecule has 26 heavy (non-hydrogen) atoms. The Kier molecular flexibility index (Phi) is 5.78. The molecule has 2 saturated heterocycles. The molecule has 0 aromatic heterocycles. The predicted molar refractivity (Wildman–Crippen MR) is 106 cm³/mol. The molecule has 1 aliphatic carbocycles. The van der Waals surface area contributed by atoms with E-state index in [1.807, 2.05) is 0 Å². The van der Waals surface area contributed by atoms with E-state index in [1.165, 1.54) is 44.2 Å². The number of nitrogens with one attached hydrogen (secondary N) is 1. The Morgan fingerprint density at radius 1 is 0.962 bits per heavy atom. The van der Waals surface area contributed by atoms with E-state index in [-0.39, 0.29) is 5.91 Å². The maximum Gasteiger partial charge on any atom is 0.234 e. The average Bonchev–Trinajstić information content (AvgIpc) is 3.16. The number of amides is 1. The fourth-order valence-electron chi connectivity index (χ4n) is 5.21. The predicted octanol–water partition coefficient (Wildman–Crippen LogP) is 3.14. The Balaban J connectivity index is 1.18. The molecule has 1 N–H and O–H groups in total. The summed E-state index contributed by atoms with van der Waals surface area (Å²) in [5.41, 5.74) is 1.30. The van der Waals surface area contributed by atoms with Gasteiger partial charge in [-0.1, -0.05) is 37.5 Å². The van der Waals surface area contributed by atoms with Gasteiger partial charge in [-0.3, -0.25) is 9.69 Å². The Morgan fingerprint density at radius 3 is 2.62 bits per heavy atom. The van der Waals surface area contributed by atoms with Gasteiger partial charge in [-0.05, 0) is 55.7 Å². The molecule has 0 unspecified atom stereocenters. The maximum absolute atomic E-state index is 12.4. The van der Waals surface area contributed by atoms with Crippen LogP contribution in [0.5, 0.6) is 0 Å². The van der Waals surface area contributed by atoms with Crippen LogP contribution in [0.2, 0.25) is 0 Å². The molecule has 4 rings (SSSR count). The zero-order valence-corrected chi connectivity index (χ0v) is 15.9. The third kappa shape index (κ3) is 4.40. The summed E-state index contributed by atoms with van der Waals surface area (Å²) < 4.78 is 0. The molecule has 4 heteroatoms. The first-order valence-electron chi connectivity index (χ1n) is 10.6. The summed E-state index contributed by atoms with van der Waals surface area (Å²) in [6.07, 6.45) is 8.07. The lowest BCUT2D eigenvalue weighted by atomic mass is 9.75. The number of fused-ring (bicyclic) bond motifs is 1. The smallest absolute Gasteiger partial charge is 0.234 e. The summed E-state index contributed by atoms with van der Waals surface area (Å²) in [6, 6.07) is 10.6. The molecule has 3 aliphatic rings. The van der Waals surface area contributed by atoms with Crippen molar-refractivity contribution < 1.29 is 4.79 Å². The number of rotatable bonds is 5. The first-order chi connectivity index (χ1) is 12.8. The van der Waals surface area contributed by atoms with Crippen molar-refractivity contribution in [1.29, 1.82) is 0 Å². The summed E-state index contributed by atoms with van der Waals surface area (Å²) in [6.45, 7) is 5.82. The van der Waals surface area contributed by atoms with Gasteiger partial charge in [0.1, 0.15) is 0 Å². The second-order valence-corrected chi connectivity index (χ2v) is 8.57. The van der Waals surface area contributed by atoms with E-state index < -0.39 is 0 Å². The lowest BCUT2D eigenvalue weighted by Crippen LogP contribution is -2.46. The van der Waals surface area contributed by atoms with E-state index in [2.05, 4.69) is 45.4 Å². The van der Waals surface area contributed by atoms with E-state index in [0.717, 1.165) is 44.6 Å². The number of hydrogen-bond acceptors (Lipinski definition) is 3. The summed E-state index contributed by atoms with van der Waals surface area (Å²) in [5, 5.41) is 3.21. The highest BCUT2D eigenvalue weighted by Gasteiger charge is 2.31. The maximum atomic E-state index is 12.4. The second-order valence-electron chi connectivity index (χ2n) is 8.57. The lowest BCUT2D eigenvalue weighted by Gasteiger charge is -2.41. The molecular formula is C22H33N3O. The molecular weight excluding hydrogens is 322 g/mol. The zero-order chi connectivity index (χ0) is 17.8. The van der Waals surface area contributed by atoms with Crippen molar-refractivity contribution in [3.05, 3.63) is 30.3 Å². The minimum absolute atomic E-state index is 0.220. The first-order valence-corrected chi connectivity index (χ1v) is 10.6. The number of nitrogens with zero attached hydrogens (tertiary/aromatic N) is 2. The summed E-state index contributed by atoms with van der Waals surface area (Å²) in [7, 11) is 0. The molecule has 0 bridgehead atoms. The van der Waals surface area contributed by atoms with E-state index in [9.17, 15) is 4.79 Å². The number of likely N-dealkylation sites (tertiary alicyclic amines) is 1. The summed E-state index contributed by atoms with van der Waals surface area (Å²) in [5.74, 6) is 2.57. The highest BCUT2D eigenvalue weighted by Crippen LogP contribution is 2.35. The van der Waals surface area contributed by atoms with Gasteiger partial charge in [0.05, 0.1) is 6.54 Å². The Morgan fingerprint density at radius 2 is 1.77 bits per heavy atom. The monoisotopic (exact) mass is 355 g/mol. The van der Waals surface area contributed by atoms with E-state index in [1.54, 1.807) is 0 Å².